The van der Waals surface area contributed by atoms with Crippen LogP contribution in [0.1, 0.15) is 85.5 Å². The zero-order chi connectivity index (χ0) is 28.3. The number of hydrogen-bond acceptors (Lipinski definition) is 4. The van der Waals surface area contributed by atoms with Gasteiger partial charge in [-0.1, -0.05) is 12.8 Å². The summed E-state index contributed by atoms with van der Waals surface area (Å²) >= 11 is 2.04. The molecular weight excluding hydrogens is 583 g/mol. The van der Waals surface area contributed by atoms with Gasteiger partial charge in [0.15, 0.2) is 0 Å². The van der Waals surface area contributed by atoms with Crippen LogP contribution < -0.4 is 10.1 Å². The number of ether oxygens (including phenoxy) is 1. The van der Waals surface area contributed by atoms with Crippen molar-refractivity contribution in [1.29, 1.82) is 0 Å². The molecule has 1 aromatic heterocycles. The zero-order valence-electron chi connectivity index (χ0n) is 24.3. The van der Waals surface area contributed by atoms with Crippen LogP contribution in [0, 0.1) is 20.8 Å². The van der Waals surface area contributed by atoms with Crippen LogP contribution in [0.2, 0.25) is 0 Å². The second-order valence-corrected chi connectivity index (χ2v) is 14.6. The van der Waals surface area contributed by atoms with Crippen molar-refractivity contribution < 1.29 is 20.0 Å². The predicted molar refractivity (Wildman–Crippen MR) is 166 cm³/mol. The number of aliphatic carboxylic acids is 1. The summed E-state index contributed by atoms with van der Waals surface area (Å²) in [6, 6.07) is 16.4. The fourth-order valence-electron chi connectivity index (χ4n) is 5.58. The molecule has 0 atom stereocenters. The van der Waals surface area contributed by atoms with Crippen LogP contribution in [0.15, 0.2) is 47.4 Å². The summed E-state index contributed by atoms with van der Waals surface area (Å²) in [4.78, 5) is 16.6. The van der Waals surface area contributed by atoms with Gasteiger partial charge in [-0.25, -0.2) is 0 Å². The van der Waals surface area contributed by atoms with Gasteiger partial charge in [0.1, 0.15) is 0 Å². The summed E-state index contributed by atoms with van der Waals surface area (Å²) in [6.45, 7) is 5.80. The van der Waals surface area contributed by atoms with E-state index >= 15 is 0 Å². The van der Waals surface area contributed by atoms with Gasteiger partial charge >= 0.3 is 169 Å². The fourth-order valence-corrected chi connectivity index (χ4v) is 9.12. The van der Waals surface area contributed by atoms with E-state index in [0.717, 1.165) is 34.0 Å². The summed E-state index contributed by atoms with van der Waals surface area (Å²) in [5.41, 5.74) is 4.56. The molecule has 0 saturated heterocycles. The van der Waals surface area contributed by atoms with E-state index in [1.54, 1.807) is 11.8 Å². The fraction of sp³-hybridized carbons (Fsp3) is 0.515. The van der Waals surface area contributed by atoms with E-state index in [9.17, 15) is 4.79 Å². The molecule has 5 nitrogen and oxygen atoms in total. The molecule has 2 aromatic carbocycles. The molecule has 0 radical (unpaired) electrons. The van der Waals surface area contributed by atoms with E-state index < -0.39 is 5.97 Å². The summed E-state index contributed by atoms with van der Waals surface area (Å²) in [7, 11) is 0. The molecule has 1 heterocycles. The van der Waals surface area contributed by atoms with Gasteiger partial charge in [-0.05, 0) is 51.4 Å². The number of aromatic nitrogens is 1. The van der Waals surface area contributed by atoms with Gasteiger partial charge in [-0.3, -0.25) is 0 Å². The number of nitrogens with zero attached hydrogens (tertiary/aromatic N) is 1. The second-order valence-electron chi connectivity index (χ2n) is 11.3. The Balaban J connectivity index is 0.000000236. The molecule has 40 heavy (non-hydrogen) atoms. The second kappa shape index (κ2) is 15.8. The number of carboxylic acid groups (broad SMARTS) is 1. The molecule has 3 N–H and O–H groups in total. The van der Waals surface area contributed by atoms with Crippen molar-refractivity contribution in [2.45, 2.75) is 108 Å². The number of benzene rings is 2. The SMILES string of the molecule is C1CCC([NH2+]C2CCCCC2)CC1.Cc1ccc(-c2nc(C)c(CSc3ccc(OCC(=O)O)c(C)c3)[se]2)cc1. The third kappa shape index (κ3) is 9.80. The van der Waals surface area contributed by atoms with E-state index in [4.69, 9.17) is 14.8 Å². The molecule has 0 unspecified atom stereocenters. The van der Waals surface area contributed by atoms with E-state index in [1.165, 1.54) is 84.3 Å². The number of carbonyl (C=O) groups is 1. The first kappa shape index (κ1) is 30.9. The van der Waals surface area contributed by atoms with Gasteiger partial charge in [0.2, 0.25) is 0 Å². The number of hydrogen-bond donors (Lipinski definition) is 2. The standard InChI is InChI=1S/C21H21NO3SSe.C12H23N/c1-13-4-6-16(7-5-13)21-22-15(3)19(27-21)12-26-17-8-9-18(14(2)10-17)25-11-20(23)24;1-3-7-11(8-4-1)13-12-9-5-2-6-10-12/h4-10H,11-12H2,1-3H3,(H,23,24);11-13H,1-10H2/p+1. The number of aryl methyl sites for hydroxylation is 3. The normalized spacial score (nSPS) is 16.3. The molecule has 2 saturated carbocycles. The van der Waals surface area contributed by atoms with Crippen LogP contribution >= 0.6 is 11.8 Å². The van der Waals surface area contributed by atoms with E-state index in [-0.39, 0.29) is 21.1 Å². The first-order chi connectivity index (χ1) is 19.4. The molecule has 216 valence electrons. The Morgan fingerprint density at radius 3 is 2.15 bits per heavy atom. The quantitative estimate of drug-likeness (QED) is 0.204. The van der Waals surface area contributed by atoms with Crippen LogP contribution in [0.3, 0.4) is 0 Å². The van der Waals surface area contributed by atoms with Gasteiger partial charge < -0.3 is 5.32 Å². The topological polar surface area (TPSA) is 76.0 Å². The number of quaternary nitrogens is 1. The van der Waals surface area contributed by atoms with Crippen LogP contribution in [-0.4, -0.2) is 49.3 Å². The predicted octanol–water partition coefficient (Wildman–Crippen LogP) is 6.70. The Morgan fingerprint density at radius 2 is 1.57 bits per heavy atom. The Morgan fingerprint density at radius 1 is 0.950 bits per heavy atom. The van der Waals surface area contributed by atoms with Crippen LogP contribution in [0.25, 0.3) is 10.1 Å². The number of thioether (sulfide) groups is 1. The summed E-state index contributed by atoms with van der Waals surface area (Å²) in [6.07, 6.45) is 15.0. The molecule has 0 bridgehead atoms. The number of rotatable bonds is 9. The Labute approximate surface area is 250 Å². The minimum atomic E-state index is -0.969. The first-order valence-electron chi connectivity index (χ1n) is 14.8. The average Bonchev–Trinajstić information content (AvgIpc) is 3.33. The van der Waals surface area contributed by atoms with E-state index in [1.807, 2.05) is 25.1 Å². The van der Waals surface area contributed by atoms with Crippen molar-refractivity contribution in [2.75, 3.05) is 6.61 Å². The first-order valence-corrected chi connectivity index (χ1v) is 17.5. The molecule has 7 heteroatoms. The van der Waals surface area contributed by atoms with Crippen molar-refractivity contribution in [1.82, 2.24) is 4.98 Å². The van der Waals surface area contributed by atoms with Crippen LogP contribution in [-0.2, 0) is 10.5 Å². The van der Waals surface area contributed by atoms with Crippen molar-refractivity contribution in [3.8, 4) is 15.9 Å². The third-order valence-corrected chi connectivity index (χ3v) is 11.9. The number of carboxylic acids is 1. The summed E-state index contributed by atoms with van der Waals surface area (Å²) < 4.78 is 7.89. The Hall–Kier alpha value is -2.05. The molecule has 2 aliphatic rings. The van der Waals surface area contributed by atoms with Crippen LogP contribution in [0.5, 0.6) is 5.75 Å². The summed E-state index contributed by atoms with van der Waals surface area (Å²) in [5.74, 6) is 0.565. The molecule has 0 spiro atoms. The van der Waals surface area contributed by atoms with Gasteiger partial charge in [-0.2, -0.15) is 0 Å². The summed E-state index contributed by atoms with van der Waals surface area (Å²) in [5, 5.41) is 11.4. The maximum absolute atomic E-state index is 10.6. The monoisotopic (exact) mass is 629 g/mol. The molecular formula is C33H45N2O3SSe+. The molecule has 0 aliphatic heterocycles. The van der Waals surface area contributed by atoms with Crippen molar-refractivity contribution in [2.24, 2.45) is 0 Å². The van der Waals surface area contributed by atoms with Crippen molar-refractivity contribution in [3.05, 3.63) is 63.7 Å². The molecule has 0 amide bonds. The van der Waals surface area contributed by atoms with Gasteiger partial charge in [0.05, 0.1) is 12.1 Å². The zero-order valence-corrected chi connectivity index (χ0v) is 26.8. The van der Waals surface area contributed by atoms with E-state index in [2.05, 4.69) is 43.4 Å². The minimum absolute atomic E-state index is 0.256. The molecule has 5 rings (SSSR count). The molecule has 3 aromatic rings. The maximum atomic E-state index is 10.6. The van der Waals surface area contributed by atoms with E-state index in [0.29, 0.717) is 5.75 Å². The van der Waals surface area contributed by atoms with Crippen molar-refractivity contribution in [3.63, 3.8) is 0 Å². The Bertz CT molecular complexity index is 1200. The van der Waals surface area contributed by atoms with Crippen molar-refractivity contribution >= 4 is 32.2 Å². The Kier molecular flexibility index (Phi) is 12.2. The van der Waals surface area contributed by atoms with Gasteiger partial charge in [-0.15, -0.1) is 0 Å². The third-order valence-electron chi connectivity index (χ3n) is 7.90. The van der Waals surface area contributed by atoms with Gasteiger partial charge in [0, 0.05) is 0 Å². The van der Waals surface area contributed by atoms with Gasteiger partial charge in [0.25, 0.3) is 0 Å². The molecule has 2 fully saturated rings. The molecule has 2 aliphatic carbocycles. The van der Waals surface area contributed by atoms with Crippen LogP contribution in [0.4, 0.5) is 0 Å². The number of nitrogens with two attached hydrogens (primary N) is 1. The average molecular weight is 629 g/mol.